The fraction of sp³-hybridized carbons (Fsp3) is 0.769. The number of hydrogen-bond donors (Lipinski definition) is 0. The summed E-state index contributed by atoms with van der Waals surface area (Å²) in [6, 6.07) is 0. The van der Waals surface area contributed by atoms with Gasteiger partial charge in [0, 0.05) is 5.41 Å². The van der Waals surface area contributed by atoms with E-state index in [1.54, 1.807) is 0 Å². The van der Waals surface area contributed by atoms with Crippen LogP contribution in [0.1, 0.15) is 47.0 Å². The molecule has 0 saturated heterocycles. The maximum absolute atomic E-state index is 12.2. The molecule has 2 rings (SSSR count). The van der Waals surface area contributed by atoms with Gasteiger partial charge in [0.2, 0.25) is 0 Å². The van der Waals surface area contributed by atoms with Crippen LogP contribution in [-0.2, 0) is 4.79 Å². The van der Waals surface area contributed by atoms with Crippen molar-refractivity contribution in [3.63, 3.8) is 0 Å². The summed E-state index contributed by atoms with van der Waals surface area (Å²) in [5.74, 6) is 0.959. The Labute approximate surface area is 86.6 Å². The zero-order chi connectivity index (χ0) is 10.6. The van der Waals surface area contributed by atoms with Crippen molar-refractivity contribution in [1.82, 2.24) is 0 Å². The summed E-state index contributed by atoms with van der Waals surface area (Å²) in [6.07, 6.45) is 5.44. The number of ketones is 1. The maximum atomic E-state index is 12.2. The molecule has 1 heteroatoms. The normalized spacial score (nSPS) is 42.4. The number of carbonyl (C=O) groups is 1. The summed E-state index contributed by atoms with van der Waals surface area (Å²) in [7, 11) is 0. The van der Waals surface area contributed by atoms with E-state index in [0.29, 0.717) is 11.7 Å². The Morgan fingerprint density at radius 1 is 1.43 bits per heavy atom. The minimum atomic E-state index is -0.0708. The van der Waals surface area contributed by atoms with Crippen LogP contribution in [0.4, 0.5) is 0 Å². The summed E-state index contributed by atoms with van der Waals surface area (Å²) in [5.41, 5.74) is 1.25. The van der Waals surface area contributed by atoms with Gasteiger partial charge in [-0.3, -0.25) is 4.79 Å². The van der Waals surface area contributed by atoms with Crippen molar-refractivity contribution in [2.75, 3.05) is 0 Å². The molecule has 0 aromatic carbocycles. The van der Waals surface area contributed by atoms with Crippen molar-refractivity contribution in [2.45, 2.75) is 47.0 Å². The average Bonchev–Trinajstić information content (AvgIpc) is 2.41. The van der Waals surface area contributed by atoms with Gasteiger partial charge in [-0.1, -0.05) is 33.8 Å². The lowest BCUT2D eigenvalue weighted by Crippen LogP contribution is -2.32. The van der Waals surface area contributed by atoms with Crippen LogP contribution in [0.15, 0.2) is 11.6 Å². The lowest BCUT2D eigenvalue weighted by Gasteiger charge is -2.31. The number of fused-ring (bicyclic) bond motifs is 2. The molecule has 1 nitrogen and oxygen atoms in total. The zero-order valence-electron chi connectivity index (χ0n) is 9.68. The SMILES string of the molecule is CC/C=C1/C(=O)C2(C)CCC1C2(C)C. The Bertz CT molecular complexity index is 311. The van der Waals surface area contributed by atoms with Gasteiger partial charge in [-0.25, -0.2) is 0 Å². The first kappa shape index (κ1) is 9.95. The lowest BCUT2D eigenvalue weighted by molar-refractivity contribution is -0.125. The highest BCUT2D eigenvalue weighted by Crippen LogP contribution is 2.65. The number of Topliss-reactive ketones (excluding diaryl/α,β-unsaturated/α-hetero) is 1. The Hall–Kier alpha value is -0.590. The molecular formula is C13H20O. The predicted octanol–water partition coefficient (Wildman–Crippen LogP) is 3.35. The van der Waals surface area contributed by atoms with Crippen LogP contribution < -0.4 is 0 Å². The van der Waals surface area contributed by atoms with Crippen LogP contribution in [0, 0.1) is 16.7 Å². The molecule has 2 atom stereocenters. The van der Waals surface area contributed by atoms with E-state index in [4.69, 9.17) is 0 Å². The van der Waals surface area contributed by atoms with E-state index in [9.17, 15) is 4.79 Å². The van der Waals surface area contributed by atoms with Crippen molar-refractivity contribution in [2.24, 2.45) is 16.7 Å². The van der Waals surface area contributed by atoms with Crippen LogP contribution in [-0.4, -0.2) is 5.78 Å². The summed E-state index contributed by atoms with van der Waals surface area (Å²) in [4.78, 5) is 12.2. The van der Waals surface area contributed by atoms with E-state index in [-0.39, 0.29) is 10.8 Å². The monoisotopic (exact) mass is 192 g/mol. The van der Waals surface area contributed by atoms with Crippen molar-refractivity contribution >= 4 is 5.78 Å². The second-order valence-corrected chi connectivity index (χ2v) is 5.54. The van der Waals surface area contributed by atoms with E-state index < -0.39 is 0 Å². The molecule has 0 aromatic heterocycles. The van der Waals surface area contributed by atoms with Gasteiger partial charge < -0.3 is 0 Å². The predicted molar refractivity (Wildman–Crippen MR) is 58.0 cm³/mol. The zero-order valence-corrected chi connectivity index (χ0v) is 9.68. The van der Waals surface area contributed by atoms with Gasteiger partial charge >= 0.3 is 0 Å². The second kappa shape index (κ2) is 2.71. The standard InChI is InChI=1S/C13H20O/c1-5-6-9-10-7-8-13(4,11(9)14)12(10,2)3/h6,10H,5,7-8H2,1-4H3/b9-6+. The van der Waals surface area contributed by atoms with Crippen molar-refractivity contribution in [3.8, 4) is 0 Å². The van der Waals surface area contributed by atoms with E-state index in [2.05, 4.69) is 33.8 Å². The molecule has 0 radical (unpaired) electrons. The molecule has 2 aliphatic carbocycles. The fourth-order valence-corrected chi connectivity index (χ4v) is 3.38. The van der Waals surface area contributed by atoms with E-state index in [0.717, 1.165) is 18.4 Å². The van der Waals surface area contributed by atoms with Gasteiger partial charge in [-0.2, -0.15) is 0 Å². The minimum Gasteiger partial charge on any atom is -0.294 e. The highest BCUT2D eigenvalue weighted by molar-refractivity contribution is 6.04. The Morgan fingerprint density at radius 3 is 2.50 bits per heavy atom. The summed E-state index contributed by atoms with van der Waals surface area (Å²) >= 11 is 0. The van der Waals surface area contributed by atoms with Gasteiger partial charge in [0.25, 0.3) is 0 Å². The molecule has 2 fully saturated rings. The van der Waals surface area contributed by atoms with Crippen LogP contribution in [0.5, 0.6) is 0 Å². The van der Waals surface area contributed by atoms with Crippen molar-refractivity contribution in [1.29, 1.82) is 0 Å². The Morgan fingerprint density at radius 2 is 2.07 bits per heavy atom. The third-order valence-electron chi connectivity index (χ3n) is 4.79. The summed E-state index contributed by atoms with van der Waals surface area (Å²) < 4.78 is 0. The fourth-order valence-electron chi connectivity index (χ4n) is 3.38. The highest BCUT2D eigenvalue weighted by Gasteiger charge is 2.63. The van der Waals surface area contributed by atoms with Gasteiger partial charge in [0.05, 0.1) is 0 Å². The highest BCUT2D eigenvalue weighted by atomic mass is 16.1. The first-order valence-electron chi connectivity index (χ1n) is 5.70. The average molecular weight is 192 g/mol. The van der Waals surface area contributed by atoms with Crippen LogP contribution >= 0.6 is 0 Å². The number of carbonyl (C=O) groups excluding carboxylic acids is 1. The molecule has 2 unspecified atom stereocenters. The van der Waals surface area contributed by atoms with Crippen LogP contribution in [0.2, 0.25) is 0 Å². The van der Waals surface area contributed by atoms with Crippen molar-refractivity contribution in [3.05, 3.63) is 11.6 Å². The minimum absolute atomic E-state index is 0.0708. The molecule has 2 saturated carbocycles. The van der Waals surface area contributed by atoms with E-state index in [1.165, 1.54) is 6.42 Å². The second-order valence-electron chi connectivity index (χ2n) is 5.54. The molecule has 0 N–H and O–H groups in total. The van der Waals surface area contributed by atoms with Crippen LogP contribution in [0.25, 0.3) is 0 Å². The topological polar surface area (TPSA) is 17.1 Å². The molecule has 0 amide bonds. The molecule has 0 heterocycles. The third kappa shape index (κ3) is 0.884. The third-order valence-corrected chi connectivity index (χ3v) is 4.79. The molecule has 0 aliphatic heterocycles. The molecule has 78 valence electrons. The number of hydrogen-bond acceptors (Lipinski definition) is 1. The lowest BCUT2D eigenvalue weighted by atomic mass is 9.70. The molecule has 2 aliphatic rings. The van der Waals surface area contributed by atoms with Crippen molar-refractivity contribution < 1.29 is 4.79 Å². The molecule has 0 aromatic rings. The molecular weight excluding hydrogens is 172 g/mol. The maximum Gasteiger partial charge on any atom is 0.165 e. The largest absolute Gasteiger partial charge is 0.294 e. The molecule has 0 spiro atoms. The Balaban J connectivity index is 2.49. The molecule has 2 bridgehead atoms. The number of allylic oxidation sites excluding steroid dienone is 2. The Kier molecular flexibility index (Phi) is 1.93. The first-order chi connectivity index (χ1) is 6.45. The van der Waals surface area contributed by atoms with Gasteiger partial charge in [-0.05, 0) is 36.2 Å². The van der Waals surface area contributed by atoms with E-state index >= 15 is 0 Å². The van der Waals surface area contributed by atoms with Gasteiger partial charge in [0.15, 0.2) is 5.78 Å². The van der Waals surface area contributed by atoms with E-state index in [1.807, 2.05) is 0 Å². The molecule has 14 heavy (non-hydrogen) atoms. The number of rotatable bonds is 1. The summed E-state index contributed by atoms with van der Waals surface area (Å²) in [5, 5.41) is 0. The van der Waals surface area contributed by atoms with Gasteiger partial charge in [0.1, 0.15) is 0 Å². The summed E-state index contributed by atoms with van der Waals surface area (Å²) in [6.45, 7) is 8.80. The quantitative estimate of drug-likeness (QED) is 0.582. The smallest absolute Gasteiger partial charge is 0.165 e. The van der Waals surface area contributed by atoms with Crippen LogP contribution in [0.3, 0.4) is 0 Å². The van der Waals surface area contributed by atoms with Gasteiger partial charge in [-0.15, -0.1) is 0 Å². The first-order valence-corrected chi connectivity index (χ1v) is 5.70.